The second-order valence-electron chi connectivity index (χ2n) is 9.80. The van der Waals surface area contributed by atoms with E-state index in [9.17, 15) is 14.4 Å². The van der Waals surface area contributed by atoms with Crippen molar-refractivity contribution >= 4 is 33.9 Å². The highest BCUT2D eigenvalue weighted by molar-refractivity contribution is 6.24. The van der Waals surface area contributed by atoms with Gasteiger partial charge in [-0.25, -0.2) is 0 Å². The molecule has 1 saturated heterocycles. The number of amides is 1. The summed E-state index contributed by atoms with van der Waals surface area (Å²) in [5.41, 5.74) is 0.915. The average molecular weight is 459 g/mol. The zero-order chi connectivity index (χ0) is 23.9. The highest BCUT2D eigenvalue weighted by Crippen LogP contribution is 2.62. The van der Waals surface area contributed by atoms with Gasteiger partial charge in [0.2, 0.25) is 5.91 Å². The maximum Gasteiger partial charge on any atom is 0.237 e. The van der Waals surface area contributed by atoms with Gasteiger partial charge in [0.05, 0.1) is 5.92 Å². The Labute approximate surface area is 202 Å². The fourth-order valence-electron chi connectivity index (χ4n) is 6.97. The number of para-hydroxylation sites is 1. The van der Waals surface area contributed by atoms with Crippen molar-refractivity contribution in [1.82, 2.24) is 4.90 Å². The molecule has 1 aliphatic carbocycles. The summed E-state index contributed by atoms with van der Waals surface area (Å²) in [4.78, 5) is 44.9. The zero-order valence-electron chi connectivity index (χ0n) is 19.1. The van der Waals surface area contributed by atoms with Crippen LogP contribution >= 0.6 is 0 Å². The Bertz CT molecular complexity index is 1590. The minimum absolute atomic E-state index is 0.116. The molecular weight excluding hydrogens is 436 g/mol. The summed E-state index contributed by atoms with van der Waals surface area (Å²) in [6.45, 7) is 0.259. The van der Waals surface area contributed by atoms with E-state index in [1.807, 2.05) is 90.8 Å². The van der Waals surface area contributed by atoms with Crippen molar-refractivity contribution in [3.8, 4) is 0 Å². The number of benzene rings is 4. The van der Waals surface area contributed by atoms with Crippen LogP contribution in [0.1, 0.15) is 31.8 Å². The van der Waals surface area contributed by atoms with Crippen LogP contribution < -0.4 is 5.32 Å². The number of ketones is 2. The molecule has 0 radical (unpaired) electrons. The SMILES string of the molecule is CN1C[C@@]2(C(=O)Nc3ccccc32)[C@H](C(=O)c2ccccc2)[C@@]12C(=O)c1cccc3cccc2c13. The third-order valence-electron chi connectivity index (χ3n) is 8.29. The van der Waals surface area contributed by atoms with Gasteiger partial charge in [0, 0.05) is 23.4 Å². The first-order valence-electron chi connectivity index (χ1n) is 11.8. The molecule has 1 N–H and O–H groups in total. The molecule has 3 aliphatic rings. The summed E-state index contributed by atoms with van der Waals surface area (Å²) in [5, 5.41) is 4.86. The second-order valence-corrected chi connectivity index (χ2v) is 9.80. The third kappa shape index (κ3) is 2.24. The maximum atomic E-state index is 14.5. The van der Waals surface area contributed by atoms with Crippen molar-refractivity contribution < 1.29 is 14.4 Å². The Morgan fingerprint density at radius 3 is 2.34 bits per heavy atom. The number of nitrogens with one attached hydrogen (secondary N) is 1. The Morgan fingerprint density at radius 1 is 0.857 bits per heavy atom. The van der Waals surface area contributed by atoms with Crippen LogP contribution in [0.25, 0.3) is 10.8 Å². The molecule has 2 heterocycles. The van der Waals surface area contributed by atoms with Crippen molar-refractivity contribution in [2.75, 3.05) is 18.9 Å². The summed E-state index contributed by atoms with van der Waals surface area (Å²) in [6, 6.07) is 28.2. The van der Waals surface area contributed by atoms with Gasteiger partial charge in [0.15, 0.2) is 11.6 Å². The number of hydrogen-bond acceptors (Lipinski definition) is 4. The van der Waals surface area contributed by atoms with Crippen molar-refractivity contribution in [2.45, 2.75) is 11.0 Å². The molecule has 2 aliphatic heterocycles. The van der Waals surface area contributed by atoms with Gasteiger partial charge in [-0.05, 0) is 35.0 Å². The number of carbonyl (C=O) groups excluding carboxylic acids is 3. The lowest BCUT2D eigenvalue weighted by Crippen LogP contribution is -2.54. The molecule has 35 heavy (non-hydrogen) atoms. The van der Waals surface area contributed by atoms with Crippen LogP contribution in [0.5, 0.6) is 0 Å². The van der Waals surface area contributed by atoms with E-state index in [-0.39, 0.29) is 24.0 Å². The number of Topliss-reactive ketones (excluding diaryl/α,β-unsaturated/α-hetero) is 2. The summed E-state index contributed by atoms with van der Waals surface area (Å²) in [7, 11) is 1.87. The fourth-order valence-corrected chi connectivity index (χ4v) is 6.97. The Hall–Kier alpha value is -4.09. The van der Waals surface area contributed by atoms with Crippen LogP contribution in [0.2, 0.25) is 0 Å². The van der Waals surface area contributed by atoms with Crippen LogP contribution in [-0.4, -0.2) is 36.0 Å². The molecular formula is C30H22N2O3. The standard InChI is InChI=1S/C30H22N2O3/c1-32-17-29(21-14-5-6-16-23(21)31-28(29)35)26(25(33)19-9-3-2-4-10-19)30(32)22-15-8-12-18-11-7-13-20(24(18)22)27(30)34/h2-16,26H,17H2,1H3,(H,31,35)/t26-,29-,30-/m0/s1. The molecule has 170 valence electrons. The summed E-state index contributed by atoms with van der Waals surface area (Å²) >= 11 is 0. The van der Waals surface area contributed by atoms with Gasteiger partial charge < -0.3 is 5.32 Å². The lowest BCUT2D eigenvalue weighted by Gasteiger charge is -2.38. The van der Waals surface area contributed by atoms with Crippen LogP contribution in [0.15, 0.2) is 91.0 Å². The van der Waals surface area contributed by atoms with E-state index < -0.39 is 16.9 Å². The van der Waals surface area contributed by atoms with Crippen molar-refractivity contribution in [1.29, 1.82) is 0 Å². The number of nitrogens with zero attached hydrogens (tertiary/aromatic N) is 1. The monoisotopic (exact) mass is 458 g/mol. The normalized spacial score (nSPS) is 26.6. The molecule has 7 rings (SSSR count). The number of anilines is 1. The molecule has 0 bridgehead atoms. The lowest BCUT2D eigenvalue weighted by molar-refractivity contribution is -0.121. The minimum Gasteiger partial charge on any atom is -0.325 e. The molecule has 4 aromatic carbocycles. The van der Waals surface area contributed by atoms with Crippen LogP contribution in [0.3, 0.4) is 0 Å². The van der Waals surface area contributed by atoms with Gasteiger partial charge in [-0.1, -0.05) is 84.9 Å². The van der Waals surface area contributed by atoms with Gasteiger partial charge in [-0.2, -0.15) is 0 Å². The number of likely N-dealkylation sites (N-methyl/N-ethyl adjacent to an activating group) is 1. The van der Waals surface area contributed by atoms with E-state index in [0.29, 0.717) is 16.8 Å². The number of hydrogen-bond donors (Lipinski definition) is 1. The Kier molecular flexibility index (Phi) is 3.91. The van der Waals surface area contributed by atoms with Crippen molar-refractivity contribution in [2.24, 2.45) is 5.92 Å². The first-order chi connectivity index (χ1) is 17.0. The van der Waals surface area contributed by atoms with Gasteiger partial charge in [-0.3, -0.25) is 19.3 Å². The van der Waals surface area contributed by atoms with Crippen LogP contribution in [0.4, 0.5) is 5.69 Å². The third-order valence-corrected chi connectivity index (χ3v) is 8.29. The molecule has 5 nitrogen and oxygen atoms in total. The van der Waals surface area contributed by atoms with Crippen LogP contribution in [0, 0.1) is 5.92 Å². The average Bonchev–Trinajstić information content (AvgIpc) is 3.43. The first-order valence-corrected chi connectivity index (χ1v) is 11.8. The number of rotatable bonds is 2. The molecule has 1 amide bonds. The van der Waals surface area contributed by atoms with E-state index in [1.54, 1.807) is 12.1 Å². The highest BCUT2D eigenvalue weighted by atomic mass is 16.2. The lowest BCUT2D eigenvalue weighted by atomic mass is 9.62. The van der Waals surface area contributed by atoms with Gasteiger partial charge >= 0.3 is 0 Å². The first kappa shape index (κ1) is 20.3. The molecule has 0 unspecified atom stereocenters. The largest absolute Gasteiger partial charge is 0.325 e. The fraction of sp³-hybridized carbons (Fsp3) is 0.167. The van der Waals surface area contributed by atoms with E-state index in [4.69, 9.17) is 0 Å². The molecule has 2 spiro atoms. The smallest absolute Gasteiger partial charge is 0.237 e. The molecule has 3 atom stereocenters. The van der Waals surface area contributed by atoms with Gasteiger partial charge in [0.1, 0.15) is 11.0 Å². The number of carbonyl (C=O) groups is 3. The van der Waals surface area contributed by atoms with Gasteiger partial charge in [0.25, 0.3) is 0 Å². The molecule has 5 heteroatoms. The Balaban J connectivity index is 1.59. The predicted molar refractivity (Wildman–Crippen MR) is 134 cm³/mol. The molecule has 0 saturated carbocycles. The molecule has 0 aromatic heterocycles. The second kappa shape index (κ2) is 6.74. The number of likely N-dealkylation sites (tertiary alicyclic amines) is 1. The predicted octanol–water partition coefficient (Wildman–Crippen LogP) is 4.57. The van der Waals surface area contributed by atoms with E-state index in [1.165, 1.54) is 0 Å². The van der Waals surface area contributed by atoms with E-state index in [2.05, 4.69) is 5.32 Å². The summed E-state index contributed by atoms with van der Waals surface area (Å²) in [6.07, 6.45) is 0. The van der Waals surface area contributed by atoms with Crippen molar-refractivity contribution in [3.63, 3.8) is 0 Å². The summed E-state index contributed by atoms with van der Waals surface area (Å²) in [5.74, 6) is -1.47. The number of fused-ring (bicyclic) bond motifs is 3. The van der Waals surface area contributed by atoms with Gasteiger partial charge in [-0.15, -0.1) is 0 Å². The minimum atomic E-state index is -1.29. The van der Waals surface area contributed by atoms with E-state index >= 15 is 0 Å². The zero-order valence-corrected chi connectivity index (χ0v) is 19.1. The summed E-state index contributed by atoms with van der Waals surface area (Å²) < 4.78 is 0. The molecule has 4 aromatic rings. The van der Waals surface area contributed by atoms with E-state index in [0.717, 1.165) is 21.9 Å². The quantitative estimate of drug-likeness (QED) is 0.447. The Morgan fingerprint density at radius 2 is 1.54 bits per heavy atom. The van der Waals surface area contributed by atoms with Crippen LogP contribution in [-0.2, 0) is 15.7 Å². The molecule has 1 fully saturated rings. The van der Waals surface area contributed by atoms with Crippen molar-refractivity contribution in [3.05, 3.63) is 113 Å². The topological polar surface area (TPSA) is 66.5 Å². The highest BCUT2D eigenvalue weighted by Gasteiger charge is 2.73. The maximum absolute atomic E-state index is 14.5.